The van der Waals surface area contributed by atoms with Gasteiger partial charge in [0.05, 0.1) is 17.4 Å². The van der Waals surface area contributed by atoms with E-state index < -0.39 is 17.7 Å². The lowest BCUT2D eigenvalue weighted by Gasteiger charge is -2.25. The van der Waals surface area contributed by atoms with Gasteiger partial charge in [0, 0.05) is 24.7 Å². The van der Waals surface area contributed by atoms with Crippen LogP contribution in [0.4, 0.5) is 0 Å². The molecule has 4 atom stereocenters. The molecule has 1 aromatic carbocycles. The van der Waals surface area contributed by atoms with Gasteiger partial charge in [-0.15, -0.1) is 0 Å². The monoisotopic (exact) mass is 443 g/mol. The van der Waals surface area contributed by atoms with E-state index in [4.69, 9.17) is 5.11 Å². The highest BCUT2D eigenvalue weighted by molar-refractivity contribution is 5.90. The molecule has 1 saturated carbocycles. The average Bonchev–Trinajstić information content (AvgIpc) is 3.09. The van der Waals surface area contributed by atoms with Gasteiger partial charge in [-0.25, -0.2) is 0 Å². The molecular formula is C26H37NO5. The Bertz CT molecular complexity index is 789. The minimum Gasteiger partial charge on any atom is -0.481 e. The van der Waals surface area contributed by atoms with Crippen molar-refractivity contribution in [2.45, 2.75) is 76.4 Å². The first-order valence-electron chi connectivity index (χ1n) is 11.6. The maximum absolute atomic E-state index is 11.1. The summed E-state index contributed by atoms with van der Waals surface area (Å²) < 4.78 is 0. The van der Waals surface area contributed by atoms with Gasteiger partial charge in [0.1, 0.15) is 0 Å². The Labute approximate surface area is 191 Å². The first-order chi connectivity index (χ1) is 15.4. The fourth-order valence-corrected chi connectivity index (χ4v) is 4.30. The molecule has 1 aliphatic rings. The van der Waals surface area contributed by atoms with Crippen LogP contribution in [0.1, 0.15) is 63.9 Å². The number of nitrogens with zero attached hydrogens (tertiary/aromatic N) is 1. The molecule has 0 spiro atoms. The molecule has 6 heteroatoms. The van der Waals surface area contributed by atoms with E-state index >= 15 is 0 Å². The highest BCUT2D eigenvalue weighted by Gasteiger charge is 2.38. The second-order valence-corrected chi connectivity index (χ2v) is 8.70. The van der Waals surface area contributed by atoms with Gasteiger partial charge in [-0.2, -0.15) is 0 Å². The van der Waals surface area contributed by atoms with Gasteiger partial charge in [0.2, 0.25) is 0 Å². The van der Waals surface area contributed by atoms with Gasteiger partial charge in [-0.1, -0.05) is 66.7 Å². The van der Waals surface area contributed by atoms with Crippen molar-refractivity contribution in [2.24, 2.45) is 17.0 Å². The van der Waals surface area contributed by atoms with E-state index in [1.165, 1.54) is 5.56 Å². The smallest absolute Gasteiger partial charge is 0.303 e. The summed E-state index contributed by atoms with van der Waals surface area (Å²) >= 11 is 0. The van der Waals surface area contributed by atoms with Crippen LogP contribution in [-0.2, 0) is 11.2 Å². The number of unbranched alkanes of at least 4 members (excludes halogenated alkanes) is 1. The van der Waals surface area contributed by atoms with Gasteiger partial charge in [-0.3, -0.25) is 4.79 Å². The number of hydrogen-bond donors (Lipinski definition) is 4. The van der Waals surface area contributed by atoms with Crippen molar-refractivity contribution in [3.8, 4) is 0 Å². The van der Waals surface area contributed by atoms with E-state index in [1.807, 2.05) is 49.4 Å². The number of aliphatic hydroxyl groups excluding tert-OH is 1. The zero-order chi connectivity index (χ0) is 23.4. The van der Waals surface area contributed by atoms with Crippen molar-refractivity contribution >= 4 is 11.7 Å². The number of oxime groups is 1. The molecule has 4 unspecified atom stereocenters. The summed E-state index contributed by atoms with van der Waals surface area (Å²) in [6.07, 6.45) is 12.3. The van der Waals surface area contributed by atoms with Crippen molar-refractivity contribution in [1.82, 2.24) is 0 Å². The molecule has 0 saturated heterocycles. The maximum atomic E-state index is 11.1. The molecule has 0 amide bonds. The van der Waals surface area contributed by atoms with Gasteiger partial charge < -0.3 is 20.5 Å². The largest absolute Gasteiger partial charge is 0.481 e. The van der Waals surface area contributed by atoms with Crippen LogP contribution in [0.5, 0.6) is 0 Å². The number of carboxylic acid groups (broad SMARTS) is 1. The van der Waals surface area contributed by atoms with Crippen LogP contribution in [-0.4, -0.2) is 43.9 Å². The number of benzene rings is 1. The summed E-state index contributed by atoms with van der Waals surface area (Å²) in [6, 6.07) is 10.2. The van der Waals surface area contributed by atoms with E-state index in [-0.39, 0.29) is 18.3 Å². The summed E-state index contributed by atoms with van der Waals surface area (Å²) in [5.41, 5.74) is 0.833. The lowest BCUT2D eigenvalue weighted by atomic mass is 9.86. The van der Waals surface area contributed by atoms with Crippen molar-refractivity contribution in [2.75, 3.05) is 0 Å². The molecule has 2 rings (SSSR count). The van der Waals surface area contributed by atoms with Crippen LogP contribution in [0, 0.1) is 11.8 Å². The first-order valence-corrected chi connectivity index (χ1v) is 11.6. The Morgan fingerprint density at radius 3 is 2.62 bits per heavy atom. The maximum Gasteiger partial charge on any atom is 0.303 e. The van der Waals surface area contributed by atoms with Crippen LogP contribution < -0.4 is 0 Å². The van der Waals surface area contributed by atoms with Crippen molar-refractivity contribution < 1.29 is 25.3 Å². The number of aryl methyl sites for hydroxylation is 1. The van der Waals surface area contributed by atoms with E-state index in [9.17, 15) is 20.2 Å². The zero-order valence-corrected chi connectivity index (χ0v) is 18.9. The van der Waals surface area contributed by atoms with Crippen molar-refractivity contribution in [1.29, 1.82) is 0 Å². The highest BCUT2D eigenvalue weighted by atomic mass is 16.4. The lowest BCUT2D eigenvalue weighted by Crippen LogP contribution is -2.26. The van der Waals surface area contributed by atoms with Crippen LogP contribution in [0.2, 0.25) is 0 Å². The topological polar surface area (TPSA) is 110 Å². The molecule has 4 N–H and O–H groups in total. The van der Waals surface area contributed by atoms with Crippen LogP contribution in [0.25, 0.3) is 0 Å². The molecule has 1 fully saturated rings. The fraction of sp³-hybridized carbons (Fsp3) is 0.538. The Morgan fingerprint density at radius 1 is 1.22 bits per heavy atom. The number of carboxylic acids is 1. The van der Waals surface area contributed by atoms with Crippen LogP contribution in [0.15, 0.2) is 59.8 Å². The number of aliphatic carboxylic acids is 1. The molecule has 1 aromatic rings. The number of rotatable bonds is 13. The summed E-state index contributed by atoms with van der Waals surface area (Å²) in [5.74, 6) is -1.19. The Morgan fingerprint density at radius 2 is 1.97 bits per heavy atom. The van der Waals surface area contributed by atoms with Crippen molar-refractivity contribution in [3.05, 3.63) is 60.2 Å². The Hall–Kier alpha value is -2.44. The summed E-state index contributed by atoms with van der Waals surface area (Å²) in [6.45, 7) is 1.95. The number of allylic oxidation sites excluding steroid dienone is 3. The standard InChI is InChI=1S/C26H37NO5/c1-2-26(31,17-10-13-20-11-6-5-7-12-20)18-16-21-22(24(28)19-23(21)27-32)14-8-3-4-9-15-25(29)30/h3,5-8,11-12,16,18,21-22,24,28,31-32H,2,4,9-10,13-15,17,19H2,1H3,(H,29,30)/b8-3+,18-16+,27-23-. The zero-order valence-electron chi connectivity index (χ0n) is 18.9. The third kappa shape index (κ3) is 8.24. The van der Waals surface area contributed by atoms with E-state index in [1.54, 1.807) is 0 Å². The van der Waals surface area contributed by atoms with Crippen LogP contribution >= 0.6 is 0 Å². The SMILES string of the molecule is CCC(O)(/C=C/C1/C(=N\O)CC(O)C1C/C=C/CCCC(=O)O)CCCc1ccccc1. The molecule has 0 aromatic heterocycles. The summed E-state index contributed by atoms with van der Waals surface area (Å²) in [7, 11) is 0. The number of aliphatic hydroxyl groups is 2. The average molecular weight is 444 g/mol. The van der Waals surface area contributed by atoms with E-state index in [0.717, 1.165) is 12.8 Å². The summed E-state index contributed by atoms with van der Waals surface area (Å²) in [4.78, 5) is 10.6. The molecule has 32 heavy (non-hydrogen) atoms. The molecule has 176 valence electrons. The molecule has 6 nitrogen and oxygen atoms in total. The van der Waals surface area contributed by atoms with Crippen molar-refractivity contribution in [3.63, 3.8) is 0 Å². The predicted molar refractivity (Wildman–Crippen MR) is 126 cm³/mol. The normalized spacial score (nSPS) is 24.5. The molecule has 1 aliphatic carbocycles. The lowest BCUT2D eigenvalue weighted by molar-refractivity contribution is -0.137. The van der Waals surface area contributed by atoms with Gasteiger partial charge in [0.25, 0.3) is 0 Å². The minimum atomic E-state index is -0.944. The molecular weight excluding hydrogens is 406 g/mol. The number of carbonyl (C=O) groups is 1. The molecule has 0 bridgehead atoms. The van der Waals surface area contributed by atoms with Gasteiger partial charge in [-0.05, 0) is 50.5 Å². The Kier molecular flexibility index (Phi) is 10.6. The molecule has 0 aliphatic heterocycles. The Balaban J connectivity index is 1.97. The highest BCUT2D eigenvalue weighted by Crippen LogP contribution is 2.35. The van der Waals surface area contributed by atoms with E-state index in [2.05, 4.69) is 17.3 Å². The fourth-order valence-electron chi connectivity index (χ4n) is 4.30. The summed E-state index contributed by atoms with van der Waals surface area (Å²) in [5, 5.41) is 43.1. The molecule has 0 heterocycles. The second-order valence-electron chi connectivity index (χ2n) is 8.70. The predicted octanol–water partition coefficient (Wildman–Crippen LogP) is 4.74. The third-order valence-corrected chi connectivity index (χ3v) is 6.37. The quantitative estimate of drug-likeness (QED) is 0.152. The second kappa shape index (κ2) is 13.2. The third-order valence-electron chi connectivity index (χ3n) is 6.37. The van der Waals surface area contributed by atoms with E-state index in [0.29, 0.717) is 44.2 Å². The van der Waals surface area contributed by atoms with Gasteiger partial charge in [0.15, 0.2) is 0 Å². The van der Waals surface area contributed by atoms with Crippen LogP contribution in [0.3, 0.4) is 0 Å². The van der Waals surface area contributed by atoms with Gasteiger partial charge >= 0.3 is 5.97 Å². The number of hydrogen-bond acceptors (Lipinski definition) is 5. The molecule has 0 radical (unpaired) electrons. The first kappa shape index (κ1) is 25.8. The minimum absolute atomic E-state index is 0.140.